The maximum atomic E-state index is 11.8. The van der Waals surface area contributed by atoms with Gasteiger partial charge >= 0.3 is 0 Å². The van der Waals surface area contributed by atoms with E-state index in [2.05, 4.69) is 5.32 Å². The molecule has 0 heterocycles. The number of rotatable bonds is 6. The lowest BCUT2D eigenvalue weighted by molar-refractivity contribution is -0.385. The molecule has 0 spiro atoms. The van der Waals surface area contributed by atoms with Gasteiger partial charge in [0.05, 0.1) is 11.3 Å². The fourth-order valence-electron chi connectivity index (χ4n) is 1.82. The number of carbonyl (C=O) groups excluding carboxylic acids is 1. The largest absolute Gasteiger partial charge is 0.396 e. The highest BCUT2D eigenvalue weighted by molar-refractivity contribution is 5.79. The van der Waals surface area contributed by atoms with Crippen LogP contribution in [0.5, 0.6) is 0 Å². The van der Waals surface area contributed by atoms with Crippen molar-refractivity contribution in [1.82, 2.24) is 5.32 Å². The molecule has 1 aromatic rings. The quantitative estimate of drug-likeness (QED) is 0.600. The minimum absolute atomic E-state index is 0.0112. The van der Waals surface area contributed by atoms with E-state index in [1.807, 2.05) is 0 Å². The molecule has 104 valence electrons. The summed E-state index contributed by atoms with van der Waals surface area (Å²) in [6.07, 6.45) is 0.586. The van der Waals surface area contributed by atoms with Gasteiger partial charge in [0.1, 0.15) is 0 Å². The molecular formula is C13H18N2O4. The Morgan fingerprint density at radius 2 is 2.21 bits per heavy atom. The van der Waals surface area contributed by atoms with E-state index in [-0.39, 0.29) is 30.7 Å². The molecule has 1 rings (SSSR count). The first-order chi connectivity index (χ1) is 8.95. The van der Waals surface area contributed by atoms with Crippen LogP contribution in [0.15, 0.2) is 18.2 Å². The minimum Gasteiger partial charge on any atom is -0.396 e. The summed E-state index contributed by atoms with van der Waals surface area (Å²) in [5, 5.41) is 22.3. The molecular weight excluding hydrogens is 248 g/mol. The summed E-state index contributed by atoms with van der Waals surface area (Å²) in [5.74, 6) is -0.204. The van der Waals surface area contributed by atoms with E-state index >= 15 is 0 Å². The molecule has 6 nitrogen and oxygen atoms in total. The molecule has 0 saturated carbocycles. The fraction of sp³-hybridized carbons (Fsp3) is 0.462. The highest BCUT2D eigenvalue weighted by atomic mass is 16.6. The number of nitrogens with one attached hydrogen (secondary N) is 1. The third-order valence-corrected chi connectivity index (χ3v) is 2.93. The van der Waals surface area contributed by atoms with Gasteiger partial charge in [0.2, 0.25) is 5.91 Å². The molecule has 0 aliphatic rings. The van der Waals surface area contributed by atoms with Crippen molar-refractivity contribution >= 4 is 11.6 Å². The van der Waals surface area contributed by atoms with Gasteiger partial charge < -0.3 is 10.4 Å². The van der Waals surface area contributed by atoms with Gasteiger partial charge in [-0.3, -0.25) is 14.9 Å². The molecule has 2 N–H and O–H groups in total. The SMILES string of the molecule is Cc1c(CC(=O)N[C@H](C)CCO)cccc1[N+](=O)[O-]. The number of nitro benzene ring substituents is 1. The predicted octanol–water partition coefficient (Wildman–Crippen LogP) is 1.33. The monoisotopic (exact) mass is 266 g/mol. The van der Waals surface area contributed by atoms with E-state index in [9.17, 15) is 14.9 Å². The first-order valence-corrected chi connectivity index (χ1v) is 6.08. The van der Waals surface area contributed by atoms with Gasteiger partial charge in [-0.05, 0) is 25.8 Å². The van der Waals surface area contributed by atoms with E-state index in [1.54, 1.807) is 26.0 Å². The van der Waals surface area contributed by atoms with Crippen LogP contribution in [-0.4, -0.2) is 28.6 Å². The Balaban J connectivity index is 2.75. The fourth-order valence-corrected chi connectivity index (χ4v) is 1.82. The normalized spacial score (nSPS) is 11.9. The summed E-state index contributed by atoms with van der Waals surface area (Å²) in [6.45, 7) is 3.45. The number of hydrogen-bond acceptors (Lipinski definition) is 4. The molecule has 0 unspecified atom stereocenters. The molecule has 1 atom stereocenters. The van der Waals surface area contributed by atoms with E-state index in [0.717, 1.165) is 0 Å². The molecule has 0 radical (unpaired) electrons. The molecule has 19 heavy (non-hydrogen) atoms. The standard InChI is InChI=1S/C13H18N2O4/c1-9(6-7-16)14-13(17)8-11-4-3-5-12(10(11)2)15(18)19/h3-5,9,16H,6-8H2,1-2H3,(H,14,17)/t9-/m1/s1. The molecule has 0 aliphatic heterocycles. The van der Waals surface area contributed by atoms with Crippen LogP contribution in [0.1, 0.15) is 24.5 Å². The third kappa shape index (κ3) is 4.33. The third-order valence-electron chi connectivity index (χ3n) is 2.93. The zero-order valence-corrected chi connectivity index (χ0v) is 11.0. The average molecular weight is 266 g/mol. The molecule has 0 saturated heterocycles. The maximum Gasteiger partial charge on any atom is 0.272 e. The Morgan fingerprint density at radius 3 is 2.79 bits per heavy atom. The molecule has 0 aliphatic carbocycles. The topological polar surface area (TPSA) is 92.5 Å². The Morgan fingerprint density at radius 1 is 1.53 bits per heavy atom. The number of aliphatic hydroxyl groups excluding tert-OH is 1. The van der Waals surface area contributed by atoms with Gasteiger partial charge in [-0.1, -0.05) is 12.1 Å². The zero-order valence-electron chi connectivity index (χ0n) is 11.0. The Labute approximate surface area is 111 Å². The Kier molecular flexibility index (Phi) is 5.44. The molecule has 0 fully saturated rings. The molecule has 0 aromatic heterocycles. The molecule has 1 aromatic carbocycles. The number of benzene rings is 1. The molecule has 1 amide bonds. The van der Waals surface area contributed by atoms with Crippen LogP contribution in [0.3, 0.4) is 0 Å². The second-order valence-corrected chi connectivity index (χ2v) is 4.48. The summed E-state index contributed by atoms with van der Waals surface area (Å²) in [6, 6.07) is 4.59. The van der Waals surface area contributed by atoms with Crippen LogP contribution >= 0.6 is 0 Å². The van der Waals surface area contributed by atoms with Gasteiger partial charge in [0.15, 0.2) is 0 Å². The summed E-state index contributed by atoms with van der Waals surface area (Å²) in [4.78, 5) is 22.1. The van der Waals surface area contributed by atoms with Crippen LogP contribution in [0.2, 0.25) is 0 Å². The summed E-state index contributed by atoms with van der Waals surface area (Å²) in [5.41, 5.74) is 1.18. The van der Waals surface area contributed by atoms with E-state index in [1.165, 1.54) is 6.07 Å². The first kappa shape index (κ1) is 15.1. The zero-order chi connectivity index (χ0) is 14.4. The minimum atomic E-state index is -0.453. The van der Waals surface area contributed by atoms with Crippen molar-refractivity contribution in [2.75, 3.05) is 6.61 Å². The second-order valence-electron chi connectivity index (χ2n) is 4.48. The van der Waals surface area contributed by atoms with Crippen LogP contribution in [0, 0.1) is 17.0 Å². The Hall–Kier alpha value is -1.95. The van der Waals surface area contributed by atoms with Gasteiger partial charge in [-0.15, -0.1) is 0 Å². The van der Waals surface area contributed by atoms with Crippen molar-refractivity contribution in [1.29, 1.82) is 0 Å². The van der Waals surface area contributed by atoms with Crippen molar-refractivity contribution < 1.29 is 14.8 Å². The number of nitro groups is 1. The highest BCUT2D eigenvalue weighted by Gasteiger charge is 2.15. The summed E-state index contributed by atoms with van der Waals surface area (Å²) in [7, 11) is 0. The van der Waals surface area contributed by atoms with Gasteiger partial charge in [-0.2, -0.15) is 0 Å². The van der Waals surface area contributed by atoms with Crippen molar-refractivity contribution in [3.05, 3.63) is 39.4 Å². The predicted molar refractivity (Wildman–Crippen MR) is 70.8 cm³/mol. The first-order valence-electron chi connectivity index (χ1n) is 6.08. The second kappa shape index (κ2) is 6.84. The molecule has 6 heteroatoms. The average Bonchev–Trinajstić information content (AvgIpc) is 2.31. The molecule has 0 bridgehead atoms. The van der Waals surface area contributed by atoms with Crippen LogP contribution in [0.25, 0.3) is 0 Å². The van der Waals surface area contributed by atoms with Crippen molar-refractivity contribution in [2.24, 2.45) is 0 Å². The lowest BCUT2D eigenvalue weighted by Gasteiger charge is -2.13. The van der Waals surface area contributed by atoms with Crippen molar-refractivity contribution in [2.45, 2.75) is 32.7 Å². The summed E-state index contributed by atoms with van der Waals surface area (Å²) >= 11 is 0. The van der Waals surface area contributed by atoms with Crippen LogP contribution in [0.4, 0.5) is 5.69 Å². The van der Waals surface area contributed by atoms with Crippen LogP contribution in [-0.2, 0) is 11.2 Å². The lowest BCUT2D eigenvalue weighted by Crippen LogP contribution is -2.34. The maximum absolute atomic E-state index is 11.8. The highest BCUT2D eigenvalue weighted by Crippen LogP contribution is 2.21. The number of aliphatic hydroxyl groups is 1. The van der Waals surface area contributed by atoms with Gasteiger partial charge in [0, 0.05) is 24.3 Å². The van der Waals surface area contributed by atoms with E-state index in [0.29, 0.717) is 17.5 Å². The van der Waals surface area contributed by atoms with E-state index < -0.39 is 4.92 Å². The summed E-state index contributed by atoms with van der Waals surface area (Å²) < 4.78 is 0. The van der Waals surface area contributed by atoms with Crippen molar-refractivity contribution in [3.8, 4) is 0 Å². The smallest absolute Gasteiger partial charge is 0.272 e. The van der Waals surface area contributed by atoms with Crippen LogP contribution < -0.4 is 5.32 Å². The van der Waals surface area contributed by atoms with Gasteiger partial charge in [-0.25, -0.2) is 0 Å². The number of hydrogen-bond donors (Lipinski definition) is 2. The van der Waals surface area contributed by atoms with Crippen molar-refractivity contribution in [3.63, 3.8) is 0 Å². The number of amides is 1. The Bertz CT molecular complexity index is 474. The lowest BCUT2D eigenvalue weighted by atomic mass is 10.0. The number of carbonyl (C=O) groups is 1. The van der Waals surface area contributed by atoms with E-state index in [4.69, 9.17) is 5.11 Å². The van der Waals surface area contributed by atoms with Gasteiger partial charge in [0.25, 0.3) is 5.69 Å². The number of nitrogens with zero attached hydrogens (tertiary/aromatic N) is 1.